The van der Waals surface area contributed by atoms with Crippen LogP contribution in [0.25, 0.3) is 0 Å². The first kappa shape index (κ1) is 14.2. The molecule has 0 spiro atoms. The molecule has 0 aliphatic carbocycles. The maximum Gasteiger partial charge on any atom is 0.376 e. The summed E-state index contributed by atoms with van der Waals surface area (Å²) in [6, 6.07) is 0. The summed E-state index contributed by atoms with van der Waals surface area (Å²) in [6.07, 6.45) is 1.50. The molecule has 6 nitrogen and oxygen atoms in total. The monoisotopic (exact) mass is 255 g/mol. The average molecular weight is 255 g/mol. The van der Waals surface area contributed by atoms with Crippen LogP contribution in [0.4, 0.5) is 0 Å². The molecule has 1 heterocycles. The lowest BCUT2D eigenvalue weighted by molar-refractivity contribution is 0.0525. The Morgan fingerprint density at radius 3 is 2.39 bits per heavy atom. The zero-order valence-corrected chi connectivity index (χ0v) is 11.0. The highest BCUT2D eigenvalue weighted by Gasteiger charge is 2.27. The number of aromatic nitrogens is 1. The molecule has 1 aromatic rings. The summed E-state index contributed by atoms with van der Waals surface area (Å²) in [5.41, 5.74) is -0.136. The zero-order chi connectivity index (χ0) is 13.7. The van der Waals surface area contributed by atoms with Crippen molar-refractivity contribution in [2.24, 2.45) is 5.92 Å². The molecule has 0 N–H and O–H groups in total. The molecular formula is C12H17NO5. The Balaban J connectivity index is 3.07. The number of esters is 2. The van der Waals surface area contributed by atoms with E-state index in [2.05, 4.69) is 14.5 Å². The van der Waals surface area contributed by atoms with Gasteiger partial charge < -0.3 is 13.9 Å². The van der Waals surface area contributed by atoms with Crippen LogP contribution in [0.2, 0.25) is 0 Å². The SMILES string of the molecule is CCC(C)Cc1nc(C(=O)OC)c(C(=O)OC)o1. The maximum absolute atomic E-state index is 11.5. The van der Waals surface area contributed by atoms with Crippen molar-refractivity contribution < 1.29 is 23.5 Å². The van der Waals surface area contributed by atoms with E-state index >= 15 is 0 Å². The minimum absolute atomic E-state index is 0.136. The number of oxazole rings is 1. The third-order valence-electron chi connectivity index (χ3n) is 2.64. The van der Waals surface area contributed by atoms with Gasteiger partial charge in [-0.15, -0.1) is 0 Å². The highest BCUT2D eigenvalue weighted by atomic mass is 16.5. The number of hydrogen-bond donors (Lipinski definition) is 0. The van der Waals surface area contributed by atoms with Gasteiger partial charge in [0.05, 0.1) is 14.2 Å². The highest BCUT2D eigenvalue weighted by Crippen LogP contribution is 2.17. The fourth-order valence-corrected chi connectivity index (χ4v) is 1.36. The van der Waals surface area contributed by atoms with Crippen molar-refractivity contribution in [1.82, 2.24) is 4.98 Å². The van der Waals surface area contributed by atoms with Gasteiger partial charge in [-0.25, -0.2) is 14.6 Å². The van der Waals surface area contributed by atoms with E-state index in [1.807, 2.05) is 13.8 Å². The van der Waals surface area contributed by atoms with E-state index in [1.165, 1.54) is 14.2 Å². The maximum atomic E-state index is 11.5. The molecule has 0 aliphatic rings. The lowest BCUT2D eigenvalue weighted by atomic mass is 10.1. The van der Waals surface area contributed by atoms with E-state index in [0.717, 1.165) is 6.42 Å². The van der Waals surface area contributed by atoms with Crippen molar-refractivity contribution in [2.75, 3.05) is 14.2 Å². The molecule has 0 radical (unpaired) electrons. The van der Waals surface area contributed by atoms with Crippen molar-refractivity contribution in [3.63, 3.8) is 0 Å². The number of carbonyl (C=O) groups excluding carboxylic acids is 2. The Hall–Kier alpha value is -1.85. The lowest BCUT2D eigenvalue weighted by Gasteiger charge is -2.02. The van der Waals surface area contributed by atoms with Gasteiger partial charge in [-0.1, -0.05) is 20.3 Å². The van der Waals surface area contributed by atoms with Crippen LogP contribution >= 0.6 is 0 Å². The summed E-state index contributed by atoms with van der Waals surface area (Å²) >= 11 is 0. The van der Waals surface area contributed by atoms with Crippen LogP contribution < -0.4 is 0 Å². The molecule has 1 aromatic heterocycles. The minimum Gasteiger partial charge on any atom is -0.464 e. The molecule has 0 saturated carbocycles. The van der Waals surface area contributed by atoms with Crippen molar-refractivity contribution in [3.05, 3.63) is 17.3 Å². The quantitative estimate of drug-likeness (QED) is 0.747. The lowest BCUT2D eigenvalue weighted by Crippen LogP contribution is -2.10. The Kier molecular flexibility index (Phi) is 4.88. The molecule has 1 unspecified atom stereocenters. The van der Waals surface area contributed by atoms with Gasteiger partial charge in [0.1, 0.15) is 0 Å². The van der Waals surface area contributed by atoms with Crippen LogP contribution in [-0.4, -0.2) is 31.1 Å². The van der Waals surface area contributed by atoms with Gasteiger partial charge in [0, 0.05) is 6.42 Å². The summed E-state index contributed by atoms with van der Waals surface area (Å²) in [4.78, 5) is 26.9. The Bertz CT molecular complexity index is 404. The second-order valence-electron chi connectivity index (χ2n) is 3.99. The van der Waals surface area contributed by atoms with E-state index in [9.17, 15) is 9.59 Å². The van der Waals surface area contributed by atoms with E-state index in [1.54, 1.807) is 0 Å². The van der Waals surface area contributed by atoms with Gasteiger partial charge in [0.25, 0.3) is 0 Å². The molecular weight excluding hydrogens is 238 g/mol. The molecule has 100 valence electrons. The third-order valence-corrected chi connectivity index (χ3v) is 2.64. The van der Waals surface area contributed by atoms with Gasteiger partial charge in [-0.2, -0.15) is 0 Å². The van der Waals surface area contributed by atoms with E-state index in [4.69, 9.17) is 4.42 Å². The van der Waals surface area contributed by atoms with E-state index < -0.39 is 11.9 Å². The van der Waals surface area contributed by atoms with Crippen molar-refractivity contribution in [2.45, 2.75) is 26.7 Å². The fraction of sp³-hybridized carbons (Fsp3) is 0.583. The molecule has 0 aliphatic heterocycles. The first-order chi connectivity index (χ1) is 8.53. The molecule has 6 heteroatoms. The normalized spacial score (nSPS) is 12.0. The summed E-state index contributed by atoms with van der Waals surface area (Å²) in [6.45, 7) is 4.07. The molecule has 0 aromatic carbocycles. The number of nitrogens with zero attached hydrogens (tertiary/aromatic N) is 1. The van der Waals surface area contributed by atoms with Crippen LogP contribution in [0.1, 0.15) is 47.2 Å². The Labute approximate surface area is 105 Å². The predicted molar refractivity (Wildman–Crippen MR) is 62.3 cm³/mol. The predicted octanol–water partition coefficient (Wildman–Crippen LogP) is 1.84. The first-order valence-corrected chi connectivity index (χ1v) is 5.69. The summed E-state index contributed by atoms with van der Waals surface area (Å²) < 4.78 is 14.4. The summed E-state index contributed by atoms with van der Waals surface area (Å²) in [5.74, 6) is -0.972. The topological polar surface area (TPSA) is 78.6 Å². The van der Waals surface area contributed by atoms with Crippen molar-refractivity contribution in [3.8, 4) is 0 Å². The minimum atomic E-state index is -0.738. The second-order valence-corrected chi connectivity index (χ2v) is 3.99. The zero-order valence-electron chi connectivity index (χ0n) is 11.0. The largest absolute Gasteiger partial charge is 0.464 e. The number of rotatable bonds is 5. The average Bonchev–Trinajstić information content (AvgIpc) is 2.80. The van der Waals surface area contributed by atoms with Crippen LogP contribution in [-0.2, 0) is 15.9 Å². The number of carbonyl (C=O) groups is 2. The number of hydrogen-bond acceptors (Lipinski definition) is 6. The van der Waals surface area contributed by atoms with Crippen LogP contribution in [0.3, 0.4) is 0 Å². The molecule has 0 fully saturated rings. The van der Waals surface area contributed by atoms with Gasteiger partial charge >= 0.3 is 11.9 Å². The standard InChI is InChI=1S/C12H17NO5/c1-5-7(2)6-8-13-9(11(14)16-3)10(18-8)12(15)17-4/h7H,5-6H2,1-4H3. The second kappa shape index (κ2) is 6.18. The van der Waals surface area contributed by atoms with E-state index in [-0.39, 0.29) is 11.5 Å². The van der Waals surface area contributed by atoms with Crippen LogP contribution in [0.5, 0.6) is 0 Å². The molecule has 0 saturated heterocycles. The summed E-state index contributed by atoms with van der Waals surface area (Å²) in [5, 5.41) is 0. The van der Waals surface area contributed by atoms with Gasteiger partial charge in [0.15, 0.2) is 5.89 Å². The van der Waals surface area contributed by atoms with Gasteiger partial charge in [0.2, 0.25) is 11.5 Å². The Morgan fingerprint density at radius 1 is 1.28 bits per heavy atom. The molecule has 18 heavy (non-hydrogen) atoms. The molecule has 1 atom stereocenters. The number of ether oxygens (including phenoxy) is 2. The van der Waals surface area contributed by atoms with Crippen LogP contribution in [0.15, 0.2) is 4.42 Å². The molecule has 0 amide bonds. The molecule has 0 bridgehead atoms. The smallest absolute Gasteiger partial charge is 0.376 e. The third kappa shape index (κ3) is 3.09. The van der Waals surface area contributed by atoms with Crippen molar-refractivity contribution >= 4 is 11.9 Å². The fourth-order valence-electron chi connectivity index (χ4n) is 1.36. The number of methoxy groups -OCH3 is 2. The van der Waals surface area contributed by atoms with Gasteiger partial charge in [-0.05, 0) is 5.92 Å². The first-order valence-electron chi connectivity index (χ1n) is 5.69. The van der Waals surface area contributed by atoms with Crippen molar-refractivity contribution in [1.29, 1.82) is 0 Å². The van der Waals surface area contributed by atoms with Gasteiger partial charge in [-0.3, -0.25) is 0 Å². The highest BCUT2D eigenvalue weighted by molar-refractivity contribution is 5.99. The Morgan fingerprint density at radius 2 is 1.89 bits per heavy atom. The molecule has 1 rings (SSSR count). The van der Waals surface area contributed by atoms with E-state index in [0.29, 0.717) is 18.2 Å². The van der Waals surface area contributed by atoms with Crippen LogP contribution in [0, 0.1) is 5.92 Å². The summed E-state index contributed by atoms with van der Waals surface area (Å²) in [7, 11) is 2.42.